The summed E-state index contributed by atoms with van der Waals surface area (Å²) in [5.41, 5.74) is 1.15. The smallest absolute Gasteiger partial charge is 0.274 e. The number of amides is 2. The van der Waals surface area contributed by atoms with Gasteiger partial charge in [-0.05, 0) is 34.1 Å². The van der Waals surface area contributed by atoms with Crippen molar-refractivity contribution in [2.45, 2.75) is 12.5 Å². The SMILES string of the molecule is CNC(=O)C[C@@H]1CN(C(=O)c2cc3ccc(Br)cn3n2)C[C@H]1O. The van der Waals surface area contributed by atoms with Crippen LogP contribution in [0.3, 0.4) is 0 Å². The van der Waals surface area contributed by atoms with Gasteiger partial charge in [0.05, 0.1) is 11.6 Å². The number of nitrogens with one attached hydrogen (secondary N) is 1. The van der Waals surface area contributed by atoms with E-state index in [9.17, 15) is 14.7 Å². The Balaban J connectivity index is 1.76. The molecule has 8 heteroatoms. The van der Waals surface area contributed by atoms with Crippen LogP contribution >= 0.6 is 15.9 Å². The number of aliphatic hydroxyl groups is 1. The number of aromatic nitrogens is 2. The number of carbonyl (C=O) groups excluding carboxylic acids is 2. The van der Waals surface area contributed by atoms with Gasteiger partial charge in [-0.25, -0.2) is 4.52 Å². The Morgan fingerprint density at radius 2 is 2.22 bits per heavy atom. The fourth-order valence-corrected chi connectivity index (χ4v) is 3.11. The first-order valence-corrected chi connectivity index (χ1v) is 8.10. The van der Waals surface area contributed by atoms with Crippen molar-refractivity contribution in [2.75, 3.05) is 20.1 Å². The van der Waals surface area contributed by atoms with Crippen LogP contribution in [0.5, 0.6) is 0 Å². The average Bonchev–Trinajstić information content (AvgIpc) is 3.10. The van der Waals surface area contributed by atoms with Gasteiger partial charge in [0.1, 0.15) is 0 Å². The number of likely N-dealkylation sites (tertiary alicyclic amines) is 1. The number of fused-ring (bicyclic) bond motifs is 1. The second-order valence-electron chi connectivity index (χ2n) is 5.66. The van der Waals surface area contributed by atoms with Crippen molar-refractivity contribution in [3.8, 4) is 0 Å². The predicted molar refractivity (Wildman–Crippen MR) is 87.0 cm³/mol. The van der Waals surface area contributed by atoms with Crippen LogP contribution in [0.4, 0.5) is 0 Å². The molecule has 122 valence electrons. The fraction of sp³-hybridized carbons (Fsp3) is 0.400. The Kier molecular flexibility index (Phi) is 4.36. The molecule has 0 aliphatic carbocycles. The third-order valence-electron chi connectivity index (χ3n) is 4.06. The third-order valence-corrected chi connectivity index (χ3v) is 4.53. The maximum absolute atomic E-state index is 12.6. The second kappa shape index (κ2) is 6.29. The molecular formula is C15H17BrN4O3. The largest absolute Gasteiger partial charge is 0.391 e. The summed E-state index contributed by atoms with van der Waals surface area (Å²) in [6, 6.07) is 5.46. The van der Waals surface area contributed by atoms with Crippen LogP contribution in [0.2, 0.25) is 0 Å². The van der Waals surface area contributed by atoms with Crippen molar-refractivity contribution >= 4 is 33.3 Å². The summed E-state index contributed by atoms with van der Waals surface area (Å²) in [5, 5.41) is 16.9. The maximum atomic E-state index is 12.6. The Labute approximate surface area is 141 Å². The van der Waals surface area contributed by atoms with Crippen LogP contribution in [-0.4, -0.2) is 57.7 Å². The molecule has 1 fully saturated rings. The monoisotopic (exact) mass is 380 g/mol. The van der Waals surface area contributed by atoms with Crippen molar-refractivity contribution in [3.63, 3.8) is 0 Å². The van der Waals surface area contributed by atoms with Crippen LogP contribution in [-0.2, 0) is 4.79 Å². The van der Waals surface area contributed by atoms with E-state index in [0.717, 1.165) is 9.99 Å². The molecule has 2 atom stereocenters. The molecule has 0 bridgehead atoms. The molecule has 1 aliphatic rings. The molecule has 0 radical (unpaired) electrons. The summed E-state index contributed by atoms with van der Waals surface area (Å²) in [4.78, 5) is 25.6. The number of rotatable bonds is 3. The standard InChI is InChI=1S/C15H17BrN4O3/c1-17-14(22)4-9-6-19(8-13(9)21)15(23)12-5-11-3-2-10(16)7-20(11)18-12/h2-3,5,7,9,13,21H,4,6,8H2,1H3,(H,17,22)/t9-,13-/m1/s1. The molecular weight excluding hydrogens is 364 g/mol. The minimum Gasteiger partial charge on any atom is -0.391 e. The molecule has 1 saturated heterocycles. The van der Waals surface area contributed by atoms with Gasteiger partial charge in [-0.3, -0.25) is 9.59 Å². The van der Waals surface area contributed by atoms with Crippen LogP contribution < -0.4 is 5.32 Å². The number of nitrogens with zero attached hydrogens (tertiary/aromatic N) is 3. The molecule has 0 aromatic carbocycles. The van der Waals surface area contributed by atoms with E-state index in [1.807, 2.05) is 12.1 Å². The highest BCUT2D eigenvalue weighted by Crippen LogP contribution is 2.22. The normalized spacial score (nSPS) is 20.9. The van der Waals surface area contributed by atoms with Gasteiger partial charge in [0.15, 0.2) is 5.69 Å². The van der Waals surface area contributed by atoms with Gasteiger partial charge in [0.2, 0.25) is 5.91 Å². The van der Waals surface area contributed by atoms with Gasteiger partial charge in [-0.15, -0.1) is 0 Å². The zero-order valence-electron chi connectivity index (χ0n) is 12.6. The van der Waals surface area contributed by atoms with Gasteiger partial charge in [0.25, 0.3) is 5.91 Å². The van der Waals surface area contributed by atoms with Crippen molar-refractivity contribution in [3.05, 3.63) is 34.6 Å². The summed E-state index contributed by atoms with van der Waals surface area (Å²) in [5.74, 6) is -0.616. The summed E-state index contributed by atoms with van der Waals surface area (Å²) in [6.45, 7) is 0.572. The first-order chi connectivity index (χ1) is 11.0. The number of carbonyl (C=O) groups is 2. The summed E-state index contributed by atoms with van der Waals surface area (Å²) >= 11 is 3.36. The Hall–Kier alpha value is -1.93. The Morgan fingerprint density at radius 3 is 2.96 bits per heavy atom. The average molecular weight is 381 g/mol. The van der Waals surface area contributed by atoms with Gasteiger partial charge < -0.3 is 15.3 Å². The van der Waals surface area contributed by atoms with Crippen molar-refractivity contribution < 1.29 is 14.7 Å². The molecule has 3 rings (SSSR count). The molecule has 2 N–H and O–H groups in total. The quantitative estimate of drug-likeness (QED) is 0.818. The number of β-amino-alcohol motifs (C(OH)–C–C–N with tert-alkyl or cyclic N) is 1. The minimum atomic E-state index is -0.692. The van der Waals surface area contributed by atoms with E-state index >= 15 is 0 Å². The van der Waals surface area contributed by atoms with E-state index in [2.05, 4.69) is 26.3 Å². The molecule has 1 aliphatic heterocycles. The molecule has 3 heterocycles. The molecule has 0 saturated carbocycles. The molecule has 2 aromatic rings. The number of hydrogen-bond donors (Lipinski definition) is 2. The maximum Gasteiger partial charge on any atom is 0.274 e. The lowest BCUT2D eigenvalue weighted by Gasteiger charge is -2.14. The topological polar surface area (TPSA) is 86.9 Å². The lowest BCUT2D eigenvalue weighted by Crippen LogP contribution is -2.30. The van der Waals surface area contributed by atoms with E-state index in [4.69, 9.17) is 0 Å². The summed E-state index contributed by atoms with van der Waals surface area (Å²) in [7, 11) is 1.56. The lowest BCUT2D eigenvalue weighted by atomic mass is 10.0. The third kappa shape index (κ3) is 3.23. The van der Waals surface area contributed by atoms with Gasteiger partial charge >= 0.3 is 0 Å². The number of halogens is 1. The minimum absolute atomic E-state index is 0.138. The highest BCUT2D eigenvalue weighted by atomic mass is 79.9. The molecule has 0 unspecified atom stereocenters. The van der Waals surface area contributed by atoms with E-state index in [1.165, 1.54) is 0 Å². The van der Waals surface area contributed by atoms with Crippen molar-refractivity contribution in [2.24, 2.45) is 5.92 Å². The molecule has 23 heavy (non-hydrogen) atoms. The zero-order valence-corrected chi connectivity index (χ0v) is 14.2. The van der Waals surface area contributed by atoms with Crippen molar-refractivity contribution in [1.29, 1.82) is 0 Å². The van der Waals surface area contributed by atoms with E-state index in [-0.39, 0.29) is 30.7 Å². The molecule has 0 spiro atoms. The zero-order chi connectivity index (χ0) is 16.6. The van der Waals surface area contributed by atoms with E-state index in [1.54, 1.807) is 28.7 Å². The molecule has 2 aromatic heterocycles. The van der Waals surface area contributed by atoms with Gasteiger partial charge in [0, 0.05) is 43.1 Å². The predicted octanol–water partition coefficient (Wildman–Crippen LogP) is 0.666. The fourth-order valence-electron chi connectivity index (χ4n) is 2.79. The van der Waals surface area contributed by atoms with Gasteiger partial charge in [-0.1, -0.05) is 0 Å². The van der Waals surface area contributed by atoms with Crippen LogP contribution in [0.25, 0.3) is 5.52 Å². The highest BCUT2D eigenvalue weighted by molar-refractivity contribution is 9.10. The van der Waals surface area contributed by atoms with Crippen molar-refractivity contribution in [1.82, 2.24) is 19.8 Å². The van der Waals surface area contributed by atoms with Crippen LogP contribution in [0, 0.1) is 5.92 Å². The number of hydrogen-bond acceptors (Lipinski definition) is 4. The summed E-state index contributed by atoms with van der Waals surface area (Å²) in [6.07, 6.45) is 1.29. The second-order valence-corrected chi connectivity index (χ2v) is 6.58. The lowest BCUT2D eigenvalue weighted by molar-refractivity contribution is -0.122. The highest BCUT2D eigenvalue weighted by Gasteiger charge is 2.36. The summed E-state index contributed by atoms with van der Waals surface area (Å²) < 4.78 is 2.50. The number of aliphatic hydroxyl groups excluding tert-OH is 1. The van der Waals surface area contributed by atoms with Crippen LogP contribution in [0.15, 0.2) is 28.9 Å². The Morgan fingerprint density at radius 1 is 1.43 bits per heavy atom. The van der Waals surface area contributed by atoms with E-state index in [0.29, 0.717) is 12.2 Å². The van der Waals surface area contributed by atoms with Crippen LogP contribution in [0.1, 0.15) is 16.9 Å². The number of pyridine rings is 1. The Bertz CT molecular complexity index is 760. The first kappa shape index (κ1) is 15.9. The molecule has 7 nitrogen and oxygen atoms in total. The van der Waals surface area contributed by atoms with Gasteiger partial charge in [-0.2, -0.15) is 5.10 Å². The van der Waals surface area contributed by atoms with E-state index < -0.39 is 6.10 Å². The first-order valence-electron chi connectivity index (χ1n) is 7.31. The molecule has 2 amide bonds.